The number of sulfonamides is 1. The molecule has 1 atom stereocenters. The molecular weight excluding hydrogens is 499 g/mol. The number of carbonyl (C=O) groups is 1. The van der Waals surface area contributed by atoms with E-state index in [1.54, 1.807) is 24.3 Å². The molecule has 184 valence electrons. The van der Waals surface area contributed by atoms with E-state index in [4.69, 9.17) is 16.3 Å². The van der Waals surface area contributed by atoms with E-state index in [1.807, 2.05) is 0 Å². The van der Waals surface area contributed by atoms with Crippen LogP contribution < -0.4 is 20.7 Å². The highest BCUT2D eigenvalue weighted by atomic mass is 35.5. The quantitative estimate of drug-likeness (QED) is 0.353. The van der Waals surface area contributed by atoms with Crippen molar-refractivity contribution >= 4 is 56.4 Å². The van der Waals surface area contributed by atoms with Crippen LogP contribution in [0.25, 0.3) is 0 Å². The van der Waals surface area contributed by atoms with Crippen LogP contribution >= 0.6 is 11.6 Å². The Morgan fingerprint density at radius 2 is 1.91 bits per heavy atom. The Balaban J connectivity index is 1.54. The lowest BCUT2D eigenvalue weighted by Gasteiger charge is -2.14. The van der Waals surface area contributed by atoms with Gasteiger partial charge in [-0.25, -0.2) is 17.8 Å². The molecular formula is C22H22ClFN6O4S. The first-order valence-corrected chi connectivity index (χ1v) is 12.8. The van der Waals surface area contributed by atoms with Crippen LogP contribution in [0.1, 0.15) is 16.8 Å². The van der Waals surface area contributed by atoms with Gasteiger partial charge >= 0.3 is 0 Å². The van der Waals surface area contributed by atoms with Gasteiger partial charge in [0.25, 0.3) is 5.91 Å². The standard InChI is InChI=1S/C22H22ClFN6O4S/c1-35(32,33)30-18-5-3-2-4-17(18)27-20-15(23)11-25-22(29-20)28-19-10-13(6-7-16(19)24)21(31)26-14-8-9-34-12-14/h2-7,10-11,14,30H,8-9,12H2,1H3,(H,26,31)(H2,25,27,28,29)/t14-/m1/s1. The van der Waals surface area contributed by atoms with E-state index in [9.17, 15) is 17.6 Å². The van der Waals surface area contributed by atoms with Crippen molar-refractivity contribution in [2.75, 3.05) is 34.8 Å². The Morgan fingerprint density at radius 1 is 1.14 bits per heavy atom. The molecule has 4 rings (SSSR count). The fourth-order valence-corrected chi connectivity index (χ4v) is 4.04. The summed E-state index contributed by atoms with van der Waals surface area (Å²) in [5, 5.41) is 8.71. The van der Waals surface area contributed by atoms with Gasteiger partial charge in [0.2, 0.25) is 16.0 Å². The number of nitrogens with zero attached hydrogens (tertiary/aromatic N) is 2. The van der Waals surface area contributed by atoms with Gasteiger partial charge in [-0.05, 0) is 36.8 Å². The summed E-state index contributed by atoms with van der Waals surface area (Å²) in [6, 6.07) is 10.4. The summed E-state index contributed by atoms with van der Waals surface area (Å²) in [5.74, 6) is -0.798. The molecule has 2 heterocycles. The molecule has 0 saturated carbocycles. The van der Waals surface area contributed by atoms with E-state index in [2.05, 4.69) is 30.6 Å². The number of amides is 1. The van der Waals surface area contributed by atoms with Gasteiger partial charge in [-0.1, -0.05) is 23.7 Å². The number of rotatable bonds is 8. The topological polar surface area (TPSA) is 134 Å². The summed E-state index contributed by atoms with van der Waals surface area (Å²) < 4.78 is 45.5. The normalized spacial score (nSPS) is 15.5. The molecule has 0 aliphatic carbocycles. The molecule has 1 amide bonds. The van der Waals surface area contributed by atoms with Crippen LogP contribution in [-0.2, 0) is 14.8 Å². The minimum atomic E-state index is -3.52. The molecule has 1 aromatic heterocycles. The van der Waals surface area contributed by atoms with Crippen molar-refractivity contribution in [2.24, 2.45) is 0 Å². The Bertz CT molecular complexity index is 1350. The first kappa shape index (κ1) is 24.6. The van der Waals surface area contributed by atoms with Crippen LogP contribution in [0.3, 0.4) is 0 Å². The zero-order chi connectivity index (χ0) is 25.0. The number of hydrogen-bond donors (Lipinski definition) is 4. The molecule has 0 spiro atoms. The predicted molar refractivity (Wildman–Crippen MR) is 132 cm³/mol. The Hall–Kier alpha value is -3.48. The highest BCUT2D eigenvalue weighted by molar-refractivity contribution is 7.92. The number of para-hydroxylation sites is 2. The lowest BCUT2D eigenvalue weighted by atomic mass is 10.1. The van der Waals surface area contributed by atoms with E-state index < -0.39 is 15.8 Å². The second kappa shape index (κ2) is 10.4. The van der Waals surface area contributed by atoms with Crippen molar-refractivity contribution in [3.05, 3.63) is 65.1 Å². The van der Waals surface area contributed by atoms with E-state index in [1.165, 1.54) is 24.4 Å². The van der Waals surface area contributed by atoms with Crippen molar-refractivity contribution in [3.8, 4) is 0 Å². The Labute approximate surface area is 206 Å². The van der Waals surface area contributed by atoms with E-state index in [0.29, 0.717) is 18.9 Å². The second-order valence-corrected chi connectivity index (χ2v) is 9.94. The van der Waals surface area contributed by atoms with Crippen molar-refractivity contribution in [3.63, 3.8) is 0 Å². The number of hydrogen-bond acceptors (Lipinski definition) is 8. The molecule has 1 aliphatic rings. The third-order valence-corrected chi connectivity index (χ3v) is 5.83. The van der Waals surface area contributed by atoms with Crippen LogP contribution in [0.5, 0.6) is 0 Å². The summed E-state index contributed by atoms with van der Waals surface area (Å²) in [6.45, 7) is 1.02. The van der Waals surface area contributed by atoms with E-state index in [-0.39, 0.29) is 45.7 Å². The molecule has 0 radical (unpaired) electrons. The van der Waals surface area contributed by atoms with Crippen molar-refractivity contribution < 1.29 is 22.3 Å². The van der Waals surface area contributed by atoms with Gasteiger partial charge in [0.05, 0.1) is 42.2 Å². The number of halogens is 2. The molecule has 4 N–H and O–H groups in total. The smallest absolute Gasteiger partial charge is 0.251 e. The van der Waals surface area contributed by atoms with E-state index >= 15 is 0 Å². The van der Waals surface area contributed by atoms with Crippen LogP contribution in [0, 0.1) is 5.82 Å². The highest BCUT2D eigenvalue weighted by Gasteiger charge is 2.19. The van der Waals surface area contributed by atoms with Gasteiger partial charge in [0.15, 0.2) is 5.82 Å². The molecule has 2 aromatic carbocycles. The van der Waals surface area contributed by atoms with Gasteiger partial charge in [-0.15, -0.1) is 0 Å². The molecule has 35 heavy (non-hydrogen) atoms. The lowest BCUT2D eigenvalue weighted by molar-refractivity contribution is 0.0930. The van der Waals surface area contributed by atoms with Crippen LogP contribution in [0.15, 0.2) is 48.7 Å². The van der Waals surface area contributed by atoms with Gasteiger partial charge in [-0.3, -0.25) is 9.52 Å². The van der Waals surface area contributed by atoms with Gasteiger partial charge in [0, 0.05) is 12.2 Å². The third kappa shape index (κ3) is 6.56. The number of benzene rings is 2. The van der Waals surface area contributed by atoms with Crippen LogP contribution in [0.2, 0.25) is 5.02 Å². The monoisotopic (exact) mass is 520 g/mol. The largest absolute Gasteiger partial charge is 0.379 e. The minimum Gasteiger partial charge on any atom is -0.379 e. The molecule has 1 saturated heterocycles. The molecule has 0 bridgehead atoms. The Kier molecular flexibility index (Phi) is 7.34. The predicted octanol–water partition coefficient (Wildman–Crippen LogP) is 3.65. The summed E-state index contributed by atoms with van der Waals surface area (Å²) >= 11 is 6.22. The molecule has 13 heteroatoms. The number of nitrogens with one attached hydrogen (secondary N) is 4. The maximum Gasteiger partial charge on any atom is 0.251 e. The zero-order valence-corrected chi connectivity index (χ0v) is 20.1. The average molecular weight is 521 g/mol. The average Bonchev–Trinajstić information content (AvgIpc) is 3.31. The number of anilines is 5. The Morgan fingerprint density at radius 3 is 2.63 bits per heavy atom. The third-order valence-electron chi connectivity index (χ3n) is 4.96. The highest BCUT2D eigenvalue weighted by Crippen LogP contribution is 2.30. The van der Waals surface area contributed by atoms with Gasteiger partial charge in [-0.2, -0.15) is 4.98 Å². The molecule has 10 nitrogen and oxygen atoms in total. The van der Waals surface area contributed by atoms with E-state index in [0.717, 1.165) is 12.7 Å². The molecule has 1 aliphatic heterocycles. The fourth-order valence-electron chi connectivity index (χ4n) is 3.32. The number of carbonyl (C=O) groups excluding carboxylic acids is 1. The summed E-state index contributed by atoms with van der Waals surface area (Å²) in [5.41, 5.74) is 0.934. The summed E-state index contributed by atoms with van der Waals surface area (Å²) in [6.07, 6.45) is 3.06. The summed E-state index contributed by atoms with van der Waals surface area (Å²) in [7, 11) is -3.52. The first-order chi connectivity index (χ1) is 16.7. The van der Waals surface area contributed by atoms with Crippen molar-refractivity contribution in [2.45, 2.75) is 12.5 Å². The zero-order valence-electron chi connectivity index (χ0n) is 18.5. The second-order valence-electron chi connectivity index (χ2n) is 7.79. The van der Waals surface area contributed by atoms with Crippen LogP contribution in [0.4, 0.5) is 33.2 Å². The van der Waals surface area contributed by atoms with Crippen molar-refractivity contribution in [1.82, 2.24) is 15.3 Å². The van der Waals surface area contributed by atoms with Crippen LogP contribution in [-0.4, -0.2) is 49.8 Å². The number of ether oxygens (including phenoxy) is 1. The maximum atomic E-state index is 14.5. The fraction of sp³-hybridized carbons (Fsp3) is 0.227. The van der Waals surface area contributed by atoms with Gasteiger partial charge < -0.3 is 20.7 Å². The lowest BCUT2D eigenvalue weighted by Crippen LogP contribution is -2.35. The van der Waals surface area contributed by atoms with Crippen molar-refractivity contribution in [1.29, 1.82) is 0 Å². The summed E-state index contributed by atoms with van der Waals surface area (Å²) in [4.78, 5) is 20.9. The molecule has 0 unspecified atom stereocenters. The minimum absolute atomic E-state index is 0.00565. The molecule has 1 fully saturated rings. The van der Waals surface area contributed by atoms with Gasteiger partial charge in [0.1, 0.15) is 10.8 Å². The maximum absolute atomic E-state index is 14.5. The molecule has 3 aromatic rings. The first-order valence-electron chi connectivity index (χ1n) is 10.5. The SMILES string of the molecule is CS(=O)(=O)Nc1ccccc1Nc1nc(Nc2cc(C(=O)N[C@@H]3CCOC3)ccc2F)ncc1Cl. The number of aromatic nitrogens is 2.